The van der Waals surface area contributed by atoms with E-state index in [-0.39, 0.29) is 27.9 Å². The van der Waals surface area contributed by atoms with Gasteiger partial charge in [0.05, 0.1) is 11.4 Å². The largest absolute Gasteiger partial charge is 0.453 e. The molecule has 1 aliphatic rings. The number of nitrogens with one attached hydrogen (secondary N) is 1. The molecule has 0 aliphatic heterocycles. The number of ether oxygens (including phenoxy) is 1. The van der Waals surface area contributed by atoms with Crippen molar-refractivity contribution in [3.63, 3.8) is 0 Å². The Kier molecular flexibility index (Phi) is 7.02. The molecule has 0 bridgehead atoms. The number of carbonyl (C=O) groups is 2. The van der Waals surface area contributed by atoms with Gasteiger partial charge in [0, 0.05) is 19.8 Å². The lowest BCUT2D eigenvalue weighted by molar-refractivity contribution is -0.153. The van der Waals surface area contributed by atoms with Gasteiger partial charge in [-0.25, -0.2) is 12.7 Å². The molecule has 0 saturated carbocycles. The number of amides is 1. The molecular weight excluding hydrogens is 392 g/mol. The molecule has 1 amide bonds. The summed E-state index contributed by atoms with van der Waals surface area (Å²) in [6.45, 7) is 1.46. The number of hydrogen-bond acceptors (Lipinski definition) is 5. The van der Waals surface area contributed by atoms with Gasteiger partial charge in [0.25, 0.3) is 5.91 Å². The van der Waals surface area contributed by atoms with E-state index in [9.17, 15) is 18.0 Å². The Morgan fingerprint density at radius 2 is 2.07 bits per heavy atom. The molecule has 1 aromatic rings. The van der Waals surface area contributed by atoms with E-state index in [1.807, 2.05) is 12.2 Å². The first-order valence-corrected chi connectivity index (χ1v) is 10.3. The maximum absolute atomic E-state index is 12.3. The third kappa shape index (κ3) is 5.54. The van der Waals surface area contributed by atoms with E-state index in [1.165, 1.54) is 39.2 Å². The number of hydrogen-bond donors (Lipinski definition) is 1. The average molecular weight is 415 g/mol. The number of sulfonamides is 1. The van der Waals surface area contributed by atoms with Crippen molar-refractivity contribution >= 4 is 39.2 Å². The Balaban J connectivity index is 2.02. The zero-order chi connectivity index (χ0) is 20.2. The molecule has 2 rings (SSSR count). The minimum absolute atomic E-state index is 0.0470. The van der Waals surface area contributed by atoms with Crippen LogP contribution in [0.1, 0.15) is 26.2 Å². The van der Waals surface area contributed by atoms with Crippen molar-refractivity contribution in [3.8, 4) is 0 Å². The Hall–Kier alpha value is -1.90. The predicted octanol–water partition coefficient (Wildman–Crippen LogP) is 2.82. The molecule has 1 aromatic carbocycles. The summed E-state index contributed by atoms with van der Waals surface area (Å²) in [6, 6.07) is 4.14. The monoisotopic (exact) mass is 414 g/mol. The van der Waals surface area contributed by atoms with Crippen LogP contribution in [0.5, 0.6) is 0 Å². The van der Waals surface area contributed by atoms with Gasteiger partial charge in [0.2, 0.25) is 10.0 Å². The highest BCUT2D eigenvalue weighted by Gasteiger charge is 2.24. The summed E-state index contributed by atoms with van der Waals surface area (Å²) in [5.41, 5.74) is 0.242. The lowest BCUT2D eigenvalue weighted by atomic mass is 10.1. The number of anilines is 1. The number of nitrogens with zero attached hydrogens (tertiary/aromatic N) is 1. The summed E-state index contributed by atoms with van der Waals surface area (Å²) < 4.78 is 30.8. The minimum Gasteiger partial charge on any atom is -0.453 e. The van der Waals surface area contributed by atoms with Gasteiger partial charge in [0.15, 0.2) is 6.10 Å². The van der Waals surface area contributed by atoms with E-state index in [0.717, 1.165) is 17.1 Å². The number of rotatable bonds is 7. The summed E-state index contributed by atoms with van der Waals surface area (Å²) in [6.07, 6.45) is 5.08. The van der Waals surface area contributed by atoms with Crippen molar-refractivity contribution < 1.29 is 22.7 Å². The quantitative estimate of drug-likeness (QED) is 0.547. The Morgan fingerprint density at radius 1 is 1.37 bits per heavy atom. The highest BCUT2D eigenvalue weighted by Crippen LogP contribution is 2.27. The fourth-order valence-corrected chi connectivity index (χ4v) is 3.99. The zero-order valence-electron chi connectivity index (χ0n) is 15.4. The maximum atomic E-state index is 12.3. The van der Waals surface area contributed by atoms with Gasteiger partial charge in [-0.1, -0.05) is 23.8 Å². The first-order chi connectivity index (χ1) is 12.6. The van der Waals surface area contributed by atoms with Gasteiger partial charge in [0.1, 0.15) is 4.90 Å². The summed E-state index contributed by atoms with van der Waals surface area (Å²) in [5, 5.41) is 2.59. The molecule has 0 unspecified atom stereocenters. The molecule has 148 valence electrons. The van der Waals surface area contributed by atoms with Gasteiger partial charge in [-0.15, -0.1) is 0 Å². The second-order valence-corrected chi connectivity index (χ2v) is 9.05. The SMILES string of the molecule is C[C@@H](OC(=O)C[C@@H]1C=CCC1)C(=O)Nc1ccc(Cl)c(S(=O)(=O)N(C)C)c1. The first-order valence-electron chi connectivity index (χ1n) is 8.50. The lowest BCUT2D eigenvalue weighted by Crippen LogP contribution is -2.30. The van der Waals surface area contributed by atoms with Crippen LogP contribution in [0.15, 0.2) is 35.2 Å². The predicted molar refractivity (Wildman–Crippen MR) is 103 cm³/mol. The van der Waals surface area contributed by atoms with Gasteiger partial charge in [-0.3, -0.25) is 9.59 Å². The molecule has 7 nitrogen and oxygen atoms in total. The molecular formula is C18H23ClN2O5S. The van der Waals surface area contributed by atoms with E-state index in [4.69, 9.17) is 16.3 Å². The van der Waals surface area contributed by atoms with Crippen LogP contribution >= 0.6 is 11.6 Å². The third-order valence-electron chi connectivity index (χ3n) is 4.18. The van der Waals surface area contributed by atoms with Gasteiger partial charge in [-0.05, 0) is 43.9 Å². The molecule has 1 aliphatic carbocycles. The topological polar surface area (TPSA) is 92.8 Å². The van der Waals surface area contributed by atoms with Crippen LogP contribution < -0.4 is 5.32 Å². The summed E-state index contributed by atoms with van der Waals surface area (Å²) in [7, 11) is -0.986. The molecule has 0 fully saturated rings. The molecule has 0 spiro atoms. The van der Waals surface area contributed by atoms with Crippen molar-refractivity contribution in [3.05, 3.63) is 35.4 Å². The second-order valence-electron chi connectivity index (χ2n) is 6.52. The van der Waals surface area contributed by atoms with Crippen LogP contribution in [0, 0.1) is 5.92 Å². The lowest BCUT2D eigenvalue weighted by Gasteiger charge is -2.16. The molecule has 0 radical (unpaired) electrons. The van der Waals surface area contributed by atoms with Crippen molar-refractivity contribution in [1.29, 1.82) is 0 Å². The Morgan fingerprint density at radius 3 is 2.67 bits per heavy atom. The Bertz CT molecular complexity index is 851. The van der Waals surface area contributed by atoms with Gasteiger partial charge >= 0.3 is 5.97 Å². The van der Waals surface area contributed by atoms with Crippen LogP contribution in [-0.4, -0.2) is 44.8 Å². The fourth-order valence-electron chi connectivity index (χ4n) is 2.60. The Labute approximate surface area is 164 Å². The molecule has 0 saturated heterocycles. The molecule has 0 heterocycles. The normalized spacial score (nSPS) is 17.7. The van der Waals surface area contributed by atoms with Crippen LogP contribution in [0.4, 0.5) is 5.69 Å². The van der Waals surface area contributed by atoms with Crippen molar-refractivity contribution in [1.82, 2.24) is 4.31 Å². The van der Waals surface area contributed by atoms with Crippen LogP contribution in [0.3, 0.4) is 0 Å². The number of allylic oxidation sites excluding steroid dienone is 2. The molecule has 9 heteroatoms. The number of esters is 1. The first kappa shape index (κ1) is 21.4. The maximum Gasteiger partial charge on any atom is 0.307 e. The average Bonchev–Trinajstić information content (AvgIpc) is 3.08. The standard InChI is InChI=1S/C18H23ClN2O5S/c1-12(26-17(22)10-13-6-4-5-7-13)18(23)20-14-8-9-15(19)16(11-14)27(24,25)21(2)3/h4,6,8-9,11-13H,5,7,10H2,1-3H3,(H,20,23)/t12-,13-/m1/s1. The molecule has 27 heavy (non-hydrogen) atoms. The number of benzene rings is 1. The summed E-state index contributed by atoms with van der Waals surface area (Å²) >= 11 is 5.98. The van der Waals surface area contributed by atoms with Gasteiger partial charge < -0.3 is 10.1 Å². The van der Waals surface area contributed by atoms with E-state index in [2.05, 4.69) is 5.32 Å². The highest BCUT2D eigenvalue weighted by atomic mass is 35.5. The van der Waals surface area contributed by atoms with E-state index in [0.29, 0.717) is 0 Å². The second kappa shape index (κ2) is 8.86. The van der Waals surface area contributed by atoms with Crippen LogP contribution in [0.25, 0.3) is 0 Å². The minimum atomic E-state index is -3.76. The van der Waals surface area contributed by atoms with Crippen LogP contribution in [0.2, 0.25) is 5.02 Å². The van der Waals surface area contributed by atoms with Gasteiger partial charge in [-0.2, -0.15) is 0 Å². The highest BCUT2D eigenvalue weighted by molar-refractivity contribution is 7.89. The van der Waals surface area contributed by atoms with Crippen molar-refractivity contribution in [2.24, 2.45) is 5.92 Å². The third-order valence-corrected chi connectivity index (χ3v) is 6.47. The number of halogens is 1. The van der Waals surface area contributed by atoms with Crippen LogP contribution in [-0.2, 0) is 24.3 Å². The zero-order valence-corrected chi connectivity index (χ0v) is 17.0. The van der Waals surface area contributed by atoms with E-state index in [1.54, 1.807) is 0 Å². The van der Waals surface area contributed by atoms with Crippen molar-refractivity contribution in [2.45, 2.75) is 37.2 Å². The smallest absolute Gasteiger partial charge is 0.307 e. The van der Waals surface area contributed by atoms with E-state index < -0.39 is 28.0 Å². The summed E-state index contributed by atoms with van der Waals surface area (Å²) in [5.74, 6) is -0.843. The summed E-state index contributed by atoms with van der Waals surface area (Å²) in [4.78, 5) is 24.1. The molecule has 1 N–H and O–H groups in total. The molecule has 2 atom stereocenters. The molecule has 0 aromatic heterocycles. The van der Waals surface area contributed by atoms with Crippen molar-refractivity contribution in [2.75, 3.05) is 19.4 Å². The number of carbonyl (C=O) groups excluding carboxylic acids is 2. The fraction of sp³-hybridized carbons (Fsp3) is 0.444. The van der Waals surface area contributed by atoms with E-state index >= 15 is 0 Å².